The van der Waals surface area contributed by atoms with E-state index < -0.39 is 0 Å². The van der Waals surface area contributed by atoms with E-state index >= 15 is 0 Å². The van der Waals surface area contributed by atoms with Gasteiger partial charge < -0.3 is 4.90 Å². The fourth-order valence-corrected chi connectivity index (χ4v) is 7.30. The Kier molecular flexibility index (Phi) is 7.22. The van der Waals surface area contributed by atoms with Crippen LogP contribution in [0.25, 0.3) is 5.57 Å². The second-order valence-electron chi connectivity index (χ2n) is 12.1. The molecule has 0 bridgehead atoms. The van der Waals surface area contributed by atoms with Gasteiger partial charge in [0.1, 0.15) is 0 Å². The first kappa shape index (κ1) is 26.2. The van der Waals surface area contributed by atoms with Gasteiger partial charge in [0.15, 0.2) is 0 Å². The zero-order chi connectivity index (χ0) is 26.3. The fourth-order valence-electron chi connectivity index (χ4n) is 5.65. The minimum Gasteiger partial charge on any atom is -0.333 e. The molecule has 1 heterocycles. The summed E-state index contributed by atoms with van der Waals surface area (Å²) in [5, 5.41) is 11.0. The van der Waals surface area contributed by atoms with E-state index in [4.69, 9.17) is 0 Å². The third kappa shape index (κ3) is 5.02. The van der Waals surface area contributed by atoms with Crippen LogP contribution < -0.4 is 4.90 Å². The van der Waals surface area contributed by atoms with E-state index in [-0.39, 0.29) is 10.8 Å². The molecule has 0 aliphatic heterocycles. The van der Waals surface area contributed by atoms with Crippen LogP contribution in [0, 0.1) is 24.2 Å². The predicted molar refractivity (Wildman–Crippen MR) is 157 cm³/mol. The van der Waals surface area contributed by atoms with Gasteiger partial charge in [-0.25, -0.2) is 0 Å². The van der Waals surface area contributed by atoms with Crippen LogP contribution in [0.3, 0.4) is 0 Å². The number of thiophene rings is 1. The van der Waals surface area contributed by atoms with Crippen LogP contribution in [-0.4, -0.2) is 6.54 Å². The Morgan fingerprint density at radius 3 is 2.33 bits per heavy atom. The number of benzene rings is 2. The maximum atomic E-state index is 9.62. The Hall–Kier alpha value is -2.83. The van der Waals surface area contributed by atoms with Crippen molar-refractivity contribution >= 4 is 27.6 Å². The van der Waals surface area contributed by atoms with Crippen molar-refractivity contribution in [1.29, 1.82) is 5.26 Å². The molecular weight excluding hydrogens is 456 g/mol. The van der Waals surface area contributed by atoms with Crippen molar-refractivity contribution in [3.8, 4) is 6.07 Å². The summed E-state index contributed by atoms with van der Waals surface area (Å²) >= 11 is 2.00. The lowest BCUT2D eigenvalue weighted by atomic mass is 9.66. The number of anilines is 2. The number of hydrogen-bond donors (Lipinski definition) is 0. The number of hydrogen-bond acceptors (Lipinski definition) is 3. The number of nitriles is 1. The zero-order valence-corrected chi connectivity index (χ0v) is 23.9. The smallest absolute Gasteiger partial charge is 0.0991 e. The largest absolute Gasteiger partial charge is 0.333 e. The average molecular weight is 497 g/mol. The third-order valence-electron chi connectivity index (χ3n) is 7.68. The lowest BCUT2D eigenvalue weighted by Crippen LogP contribution is -2.32. The van der Waals surface area contributed by atoms with Gasteiger partial charge >= 0.3 is 0 Å². The van der Waals surface area contributed by atoms with Gasteiger partial charge in [0, 0.05) is 17.1 Å². The number of nitrogens with zero attached hydrogens (tertiary/aromatic N) is 2. The van der Waals surface area contributed by atoms with Gasteiger partial charge in [-0.2, -0.15) is 5.26 Å². The van der Waals surface area contributed by atoms with E-state index in [0.717, 1.165) is 24.1 Å². The lowest BCUT2D eigenvalue weighted by Gasteiger charge is -2.39. The molecular formula is C33H40N2S. The summed E-state index contributed by atoms with van der Waals surface area (Å²) in [6.45, 7) is 21.6. The highest BCUT2D eigenvalue weighted by Gasteiger charge is 2.41. The van der Waals surface area contributed by atoms with E-state index in [0.29, 0.717) is 11.5 Å². The summed E-state index contributed by atoms with van der Waals surface area (Å²) in [5.41, 5.74) is 8.45. The van der Waals surface area contributed by atoms with Crippen molar-refractivity contribution in [2.45, 2.75) is 78.6 Å². The molecule has 3 aromatic rings. The van der Waals surface area contributed by atoms with Crippen LogP contribution in [0.5, 0.6) is 0 Å². The quantitative estimate of drug-likeness (QED) is 0.305. The summed E-state index contributed by atoms with van der Waals surface area (Å²) in [6, 6.07) is 19.4. The highest BCUT2D eigenvalue weighted by Crippen LogP contribution is 2.54. The average Bonchev–Trinajstić information content (AvgIpc) is 3.20. The molecule has 3 heteroatoms. The molecule has 0 spiro atoms. The molecule has 1 aliphatic rings. The van der Waals surface area contributed by atoms with Gasteiger partial charge in [0.2, 0.25) is 0 Å². The maximum Gasteiger partial charge on any atom is 0.0991 e. The van der Waals surface area contributed by atoms with E-state index in [2.05, 4.69) is 108 Å². The van der Waals surface area contributed by atoms with Crippen molar-refractivity contribution in [3.63, 3.8) is 0 Å². The summed E-state index contributed by atoms with van der Waals surface area (Å²) in [5.74, 6) is 0.510. The molecule has 0 fully saturated rings. The molecule has 0 amide bonds. The minimum atomic E-state index is 0.194. The second kappa shape index (κ2) is 9.91. The molecule has 1 aliphatic carbocycles. The van der Waals surface area contributed by atoms with E-state index in [1.807, 2.05) is 17.4 Å². The van der Waals surface area contributed by atoms with Crippen LogP contribution in [0.2, 0.25) is 0 Å². The molecule has 36 heavy (non-hydrogen) atoms. The van der Waals surface area contributed by atoms with Crippen LogP contribution in [0.4, 0.5) is 10.7 Å². The molecule has 0 saturated heterocycles. The number of fused-ring (bicyclic) bond motifs is 1. The van der Waals surface area contributed by atoms with Crippen LogP contribution in [0.15, 0.2) is 55.1 Å². The first-order valence-electron chi connectivity index (χ1n) is 13.1. The standard InChI is InChI=1S/C33H40N2S/c1-22(2)21-35(31-24(4)29-30(36-31)33(7,8)17-16-32(29,5)6)27-14-15-28(23(3)20-34)26(19-27)18-25-12-10-9-11-13-25/h9-15,19,22H,3,16-18,21H2,1-2,4-8H3. The zero-order valence-electron chi connectivity index (χ0n) is 23.0. The summed E-state index contributed by atoms with van der Waals surface area (Å²) in [7, 11) is 0. The van der Waals surface area contributed by atoms with E-state index in [1.54, 1.807) is 10.4 Å². The fraction of sp³-hybridized carbons (Fsp3) is 0.424. The SMILES string of the molecule is C=C(C#N)c1ccc(N(CC(C)C)c2sc3c(c2C)C(C)(C)CCC3(C)C)cc1Cc1ccccc1. The monoisotopic (exact) mass is 496 g/mol. The molecule has 0 N–H and O–H groups in total. The Morgan fingerprint density at radius 2 is 1.72 bits per heavy atom. The van der Waals surface area contributed by atoms with Crippen molar-refractivity contribution in [2.75, 3.05) is 11.4 Å². The van der Waals surface area contributed by atoms with E-state index in [9.17, 15) is 5.26 Å². The topological polar surface area (TPSA) is 27.0 Å². The highest BCUT2D eigenvalue weighted by atomic mass is 32.1. The van der Waals surface area contributed by atoms with Gasteiger partial charge in [-0.15, -0.1) is 11.3 Å². The van der Waals surface area contributed by atoms with Crippen molar-refractivity contribution in [1.82, 2.24) is 0 Å². The third-order valence-corrected chi connectivity index (χ3v) is 9.36. The molecule has 0 atom stereocenters. The van der Waals surface area contributed by atoms with Crippen LogP contribution in [0.1, 0.15) is 87.1 Å². The molecule has 188 valence electrons. The lowest BCUT2D eigenvalue weighted by molar-refractivity contribution is 0.337. The first-order valence-corrected chi connectivity index (χ1v) is 13.9. The minimum absolute atomic E-state index is 0.194. The second-order valence-corrected chi connectivity index (χ2v) is 13.1. The molecule has 1 aromatic heterocycles. The normalized spacial score (nSPS) is 15.9. The summed E-state index contributed by atoms with van der Waals surface area (Å²) in [6.07, 6.45) is 3.23. The van der Waals surface area contributed by atoms with Gasteiger partial charge in [0.05, 0.1) is 16.6 Å². The predicted octanol–water partition coefficient (Wildman–Crippen LogP) is 9.33. The Balaban J connectivity index is 1.87. The number of allylic oxidation sites excluding steroid dienone is 1. The maximum absolute atomic E-state index is 9.62. The van der Waals surface area contributed by atoms with Crippen LogP contribution >= 0.6 is 11.3 Å². The Bertz CT molecular complexity index is 1300. The molecule has 0 radical (unpaired) electrons. The summed E-state index contributed by atoms with van der Waals surface area (Å²) in [4.78, 5) is 4.08. The van der Waals surface area contributed by atoms with Gasteiger partial charge in [-0.3, -0.25) is 0 Å². The van der Waals surface area contributed by atoms with Gasteiger partial charge in [0.25, 0.3) is 0 Å². The van der Waals surface area contributed by atoms with Gasteiger partial charge in [-0.1, -0.05) is 84.5 Å². The van der Waals surface area contributed by atoms with Crippen molar-refractivity contribution in [3.05, 3.63) is 87.8 Å². The summed E-state index contributed by atoms with van der Waals surface area (Å²) < 4.78 is 0. The molecule has 4 rings (SSSR count). The van der Waals surface area contributed by atoms with Gasteiger partial charge in [-0.05, 0) is 82.9 Å². The molecule has 0 unspecified atom stereocenters. The van der Waals surface area contributed by atoms with Crippen LogP contribution in [-0.2, 0) is 17.3 Å². The van der Waals surface area contributed by atoms with Crippen molar-refractivity contribution < 1.29 is 0 Å². The molecule has 0 saturated carbocycles. The highest BCUT2D eigenvalue weighted by molar-refractivity contribution is 7.16. The number of rotatable bonds is 7. The molecule has 2 nitrogen and oxygen atoms in total. The Morgan fingerprint density at radius 1 is 1.06 bits per heavy atom. The first-order chi connectivity index (χ1) is 16.9. The van der Waals surface area contributed by atoms with Crippen molar-refractivity contribution in [2.24, 2.45) is 5.92 Å². The van der Waals surface area contributed by atoms with E-state index in [1.165, 1.54) is 34.7 Å². The Labute approximate surface area is 222 Å². The molecule has 2 aromatic carbocycles.